The summed E-state index contributed by atoms with van der Waals surface area (Å²) in [6, 6.07) is 11.5. The predicted molar refractivity (Wildman–Crippen MR) is 119 cm³/mol. The standard InChI is InChI=1S/C24H28N4O3/c1-17(2)31-20-11-9-18(15-21(20)30-3)10-12-23(29)27-13-6-7-19(16-27)24-26-25-22-8-4-5-14-28(22)24/h4-5,8-12,14-15,17,19H,6-7,13,16H2,1-3H3/b12-10+. The number of ether oxygens (including phenoxy) is 2. The first-order valence-electron chi connectivity index (χ1n) is 10.7. The summed E-state index contributed by atoms with van der Waals surface area (Å²) in [5.74, 6) is 2.44. The highest BCUT2D eigenvalue weighted by Gasteiger charge is 2.27. The fourth-order valence-electron chi connectivity index (χ4n) is 3.94. The molecular formula is C24H28N4O3. The Labute approximate surface area is 182 Å². The number of methoxy groups -OCH3 is 1. The number of likely N-dealkylation sites (tertiary alicyclic amines) is 1. The molecule has 7 nitrogen and oxygen atoms in total. The van der Waals surface area contributed by atoms with Crippen LogP contribution in [0.15, 0.2) is 48.7 Å². The molecule has 3 heterocycles. The first kappa shape index (κ1) is 20.9. The molecule has 1 aromatic carbocycles. The molecule has 162 valence electrons. The summed E-state index contributed by atoms with van der Waals surface area (Å²) in [6.45, 7) is 5.34. The maximum Gasteiger partial charge on any atom is 0.246 e. The van der Waals surface area contributed by atoms with Crippen LogP contribution in [0.3, 0.4) is 0 Å². The highest BCUT2D eigenvalue weighted by atomic mass is 16.5. The first-order valence-corrected chi connectivity index (χ1v) is 10.7. The van der Waals surface area contributed by atoms with Crippen molar-refractivity contribution < 1.29 is 14.3 Å². The minimum Gasteiger partial charge on any atom is -0.493 e. The highest BCUT2D eigenvalue weighted by molar-refractivity contribution is 5.92. The van der Waals surface area contributed by atoms with E-state index in [2.05, 4.69) is 10.2 Å². The lowest BCUT2D eigenvalue weighted by molar-refractivity contribution is -0.127. The van der Waals surface area contributed by atoms with Gasteiger partial charge in [-0.3, -0.25) is 9.20 Å². The van der Waals surface area contributed by atoms with Crippen LogP contribution in [0.4, 0.5) is 0 Å². The smallest absolute Gasteiger partial charge is 0.246 e. The molecular weight excluding hydrogens is 392 g/mol. The van der Waals surface area contributed by atoms with Gasteiger partial charge >= 0.3 is 0 Å². The number of aromatic nitrogens is 3. The van der Waals surface area contributed by atoms with E-state index in [1.54, 1.807) is 13.2 Å². The third kappa shape index (κ3) is 4.71. The number of pyridine rings is 1. The fraction of sp³-hybridized carbons (Fsp3) is 0.375. The molecule has 2 aromatic heterocycles. The monoisotopic (exact) mass is 420 g/mol. The molecule has 0 N–H and O–H groups in total. The molecule has 4 rings (SSSR count). The number of hydrogen-bond acceptors (Lipinski definition) is 5. The lowest BCUT2D eigenvalue weighted by atomic mass is 9.97. The molecule has 1 atom stereocenters. The molecule has 3 aromatic rings. The Morgan fingerprint density at radius 2 is 2.06 bits per heavy atom. The number of carbonyl (C=O) groups excluding carboxylic acids is 1. The van der Waals surface area contributed by atoms with Crippen molar-refractivity contribution in [1.82, 2.24) is 19.5 Å². The van der Waals surface area contributed by atoms with Crippen LogP contribution >= 0.6 is 0 Å². The second kappa shape index (κ2) is 9.20. The average Bonchev–Trinajstić information content (AvgIpc) is 3.22. The van der Waals surface area contributed by atoms with Crippen molar-refractivity contribution in [1.29, 1.82) is 0 Å². The minimum atomic E-state index is -0.00000496. The van der Waals surface area contributed by atoms with Crippen molar-refractivity contribution in [2.75, 3.05) is 20.2 Å². The van der Waals surface area contributed by atoms with E-state index in [9.17, 15) is 4.79 Å². The lowest BCUT2D eigenvalue weighted by Crippen LogP contribution is -2.38. The predicted octanol–water partition coefficient (Wildman–Crippen LogP) is 3.94. The molecule has 0 bridgehead atoms. The second-order valence-corrected chi connectivity index (χ2v) is 8.02. The summed E-state index contributed by atoms with van der Waals surface area (Å²) in [5, 5.41) is 8.64. The SMILES string of the molecule is COc1cc(/C=C/C(=O)N2CCCC(c3nnc4ccccn34)C2)ccc1OC(C)C. The number of benzene rings is 1. The van der Waals surface area contributed by atoms with E-state index in [0.717, 1.165) is 36.4 Å². The average molecular weight is 421 g/mol. The van der Waals surface area contributed by atoms with Crippen molar-refractivity contribution in [3.8, 4) is 11.5 Å². The van der Waals surface area contributed by atoms with E-state index in [1.165, 1.54) is 0 Å². The number of piperidine rings is 1. The third-order valence-corrected chi connectivity index (χ3v) is 5.41. The van der Waals surface area contributed by atoms with E-state index in [0.29, 0.717) is 18.0 Å². The maximum absolute atomic E-state index is 12.9. The van der Waals surface area contributed by atoms with E-state index < -0.39 is 0 Å². The van der Waals surface area contributed by atoms with Gasteiger partial charge in [-0.05, 0) is 62.6 Å². The van der Waals surface area contributed by atoms with Crippen molar-refractivity contribution in [2.24, 2.45) is 0 Å². The van der Waals surface area contributed by atoms with E-state index >= 15 is 0 Å². The molecule has 1 unspecified atom stereocenters. The Morgan fingerprint density at radius 1 is 1.19 bits per heavy atom. The zero-order chi connectivity index (χ0) is 21.8. The number of hydrogen-bond donors (Lipinski definition) is 0. The van der Waals surface area contributed by atoms with Gasteiger partial charge in [0.2, 0.25) is 5.91 Å². The topological polar surface area (TPSA) is 69.0 Å². The Kier molecular flexibility index (Phi) is 6.21. The molecule has 0 spiro atoms. The summed E-state index contributed by atoms with van der Waals surface area (Å²) < 4.78 is 13.2. The van der Waals surface area contributed by atoms with Crippen LogP contribution < -0.4 is 9.47 Å². The third-order valence-electron chi connectivity index (χ3n) is 5.41. The normalized spacial score (nSPS) is 16.9. The summed E-state index contributed by atoms with van der Waals surface area (Å²) in [6.07, 6.45) is 7.43. The van der Waals surface area contributed by atoms with Gasteiger partial charge in [-0.1, -0.05) is 12.1 Å². The molecule has 1 amide bonds. The quantitative estimate of drug-likeness (QED) is 0.565. The van der Waals surface area contributed by atoms with Crippen LogP contribution in [-0.4, -0.2) is 51.7 Å². The zero-order valence-electron chi connectivity index (χ0n) is 18.2. The summed E-state index contributed by atoms with van der Waals surface area (Å²) in [4.78, 5) is 14.7. The van der Waals surface area contributed by atoms with Gasteiger partial charge < -0.3 is 14.4 Å². The second-order valence-electron chi connectivity index (χ2n) is 8.02. The Morgan fingerprint density at radius 3 is 2.87 bits per heavy atom. The Balaban J connectivity index is 1.45. The Bertz CT molecular complexity index is 1090. The van der Waals surface area contributed by atoms with Crippen LogP contribution in [0.25, 0.3) is 11.7 Å². The van der Waals surface area contributed by atoms with Crippen LogP contribution in [0.1, 0.15) is 44.0 Å². The summed E-state index contributed by atoms with van der Waals surface area (Å²) in [5.41, 5.74) is 1.72. The molecule has 0 radical (unpaired) electrons. The molecule has 31 heavy (non-hydrogen) atoms. The van der Waals surface area contributed by atoms with Crippen LogP contribution in [0.2, 0.25) is 0 Å². The van der Waals surface area contributed by atoms with Crippen molar-refractivity contribution in [2.45, 2.75) is 38.7 Å². The molecule has 1 aliphatic heterocycles. The van der Waals surface area contributed by atoms with Gasteiger partial charge in [-0.2, -0.15) is 0 Å². The Hall–Kier alpha value is -3.35. The van der Waals surface area contributed by atoms with Crippen molar-refractivity contribution in [3.63, 3.8) is 0 Å². The van der Waals surface area contributed by atoms with Gasteiger partial charge in [-0.15, -0.1) is 10.2 Å². The van der Waals surface area contributed by atoms with Crippen LogP contribution in [0.5, 0.6) is 11.5 Å². The van der Waals surface area contributed by atoms with Gasteiger partial charge in [0.15, 0.2) is 17.1 Å². The van der Waals surface area contributed by atoms with E-state index in [-0.39, 0.29) is 17.9 Å². The van der Waals surface area contributed by atoms with Gasteiger partial charge in [0.05, 0.1) is 13.2 Å². The molecule has 0 saturated carbocycles. The highest BCUT2D eigenvalue weighted by Crippen LogP contribution is 2.30. The van der Waals surface area contributed by atoms with E-state index in [4.69, 9.17) is 9.47 Å². The lowest BCUT2D eigenvalue weighted by Gasteiger charge is -2.31. The van der Waals surface area contributed by atoms with Gasteiger partial charge in [-0.25, -0.2) is 0 Å². The summed E-state index contributed by atoms with van der Waals surface area (Å²) in [7, 11) is 1.61. The zero-order valence-corrected chi connectivity index (χ0v) is 18.2. The maximum atomic E-state index is 12.9. The fourth-order valence-corrected chi connectivity index (χ4v) is 3.94. The largest absolute Gasteiger partial charge is 0.493 e. The molecule has 1 fully saturated rings. The first-order chi connectivity index (χ1) is 15.0. The molecule has 0 aliphatic carbocycles. The molecule has 1 aliphatic rings. The number of fused-ring (bicyclic) bond motifs is 1. The van der Waals surface area contributed by atoms with Crippen molar-refractivity contribution >= 4 is 17.6 Å². The summed E-state index contributed by atoms with van der Waals surface area (Å²) >= 11 is 0. The minimum absolute atomic E-state index is 0.00000496. The van der Waals surface area contributed by atoms with Gasteiger partial charge in [0.1, 0.15) is 5.82 Å². The van der Waals surface area contributed by atoms with Gasteiger partial charge in [0, 0.05) is 31.3 Å². The van der Waals surface area contributed by atoms with Crippen LogP contribution in [0, 0.1) is 0 Å². The number of rotatable bonds is 6. The van der Waals surface area contributed by atoms with E-state index in [1.807, 2.05) is 71.8 Å². The number of amides is 1. The molecule has 7 heteroatoms. The van der Waals surface area contributed by atoms with Crippen LogP contribution in [-0.2, 0) is 4.79 Å². The number of carbonyl (C=O) groups is 1. The van der Waals surface area contributed by atoms with Crippen molar-refractivity contribution in [3.05, 3.63) is 60.1 Å². The number of nitrogens with zero attached hydrogens (tertiary/aromatic N) is 4. The molecule has 1 saturated heterocycles. The van der Waals surface area contributed by atoms with Gasteiger partial charge in [0.25, 0.3) is 0 Å².